The number of benzene rings is 1. The van der Waals surface area contributed by atoms with Crippen molar-refractivity contribution < 1.29 is 4.74 Å². The summed E-state index contributed by atoms with van der Waals surface area (Å²) in [5, 5.41) is 0.683. The predicted octanol–water partition coefficient (Wildman–Crippen LogP) is 2.57. The average molecular weight is 288 g/mol. The van der Waals surface area contributed by atoms with Gasteiger partial charge in [-0.1, -0.05) is 42.1 Å². The molecule has 0 fully saturated rings. The quantitative estimate of drug-likeness (QED) is 0.629. The van der Waals surface area contributed by atoms with Gasteiger partial charge >= 0.3 is 0 Å². The summed E-state index contributed by atoms with van der Waals surface area (Å²) < 4.78 is 7.55. The number of hydrogen-bond donors (Lipinski definition) is 0. The molecule has 3 rings (SSSR count). The van der Waals surface area contributed by atoms with Crippen LogP contribution in [0.15, 0.2) is 40.3 Å². The summed E-state index contributed by atoms with van der Waals surface area (Å²) >= 11 is 1.45. The van der Waals surface area contributed by atoms with Gasteiger partial charge in [-0.2, -0.15) is 4.98 Å². The highest BCUT2D eigenvalue weighted by Gasteiger charge is 2.26. The number of nitrogens with zero attached hydrogens (tertiary/aromatic N) is 2. The lowest BCUT2D eigenvalue weighted by molar-refractivity contribution is 0.163. The number of ether oxygens (including phenoxy) is 1. The van der Waals surface area contributed by atoms with E-state index in [0.29, 0.717) is 23.0 Å². The molecule has 0 radical (unpaired) electrons. The van der Waals surface area contributed by atoms with E-state index in [0.717, 1.165) is 12.0 Å². The molecule has 0 saturated carbocycles. The third kappa shape index (κ3) is 2.22. The molecule has 0 bridgehead atoms. The van der Waals surface area contributed by atoms with E-state index in [1.807, 2.05) is 36.6 Å². The minimum atomic E-state index is -0.0157. The van der Waals surface area contributed by atoms with Crippen LogP contribution in [0.4, 0.5) is 0 Å². The van der Waals surface area contributed by atoms with Crippen LogP contribution in [0.1, 0.15) is 23.7 Å². The first-order valence-electron chi connectivity index (χ1n) is 6.56. The van der Waals surface area contributed by atoms with Crippen LogP contribution in [-0.4, -0.2) is 15.8 Å². The fraction of sp³-hybridized carbons (Fsp3) is 0.333. The summed E-state index contributed by atoms with van der Waals surface area (Å²) in [7, 11) is 1.75. The standard InChI is InChI=1S/C15H16N2O2S/c1-17-14(18)11-8-9-12(10-6-4-3-5-7-10)19-13(11)16-15(17)20-2/h3-7,12H,8-9H2,1-2H3. The monoisotopic (exact) mass is 288 g/mol. The van der Waals surface area contributed by atoms with Crippen molar-refractivity contribution in [2.75, 3.05) is 6.26 Å². The lowest BCUT2D eigenvalue weighted by atomic mass is 10.00. The first-order valence-corrected chi connectivity index (χ1v) is 7.78. The van der Waals surface area contributed by atoms with Crippen molar-refractivity contribution >= 4 is 11.8 Å². The number of thioether (sulfide) groups is 1. The molecule has 0 amide bonds. The van der Waals surface area contributed by atoms with Gasteiger partial charge in [-0.05, 0) is 24.7 Å². The second-order valence-electron chi connectivity index (χ2n) is 4.80. The highest BCUT2D eigenvalue weighted by atomic mass is 32.2. The Bertz CT molecular complexity index is 682. The summed E-state index contributed by atoms with van der Waals surface area (Å²) in [5.41, 5.74) is 1.83. The molecule has 0 saturated heterocycles. The fourth-order valence-electron chi connectivity index (χ4n) is 2.48. The van der Waals surface area contributed by atoms with Crippen molar-refractivity contribution in [1.29, 1.82) is 0 Å². The average Bonchev–Trinajstić information content (AvgIpc) is 2.51. The van der Waals surface area contributed by atoms with Gasteiger partial charge in [-0.3, -0.25) is 9.36 Å². The Morgan fingerprint density at radius 3 is 2.80 bits per heavy atom. The van der Waals surface area contributed by atoms with Gasteiger partial charge in [-0.25, -0.2) is 0 Å². The molecule has 1 atom stereocenters. The lowest BCUT2D eigenvalue weighted by Crippen LogP contribution is -2.29. The molecule has 4 nitrogen and oxygen atoms in total. The van der Waals surface area contributed by atoms with Gasteiger partial charge in [0.15, 0.2) is 5.16 Å². The summed E-state index contributed by atoms with van der Waals surface area (Å²) in [6.07, 6.45) is 3.42. The van der Waals surface area contributed by atoms with Crippen molar-refractivity contribution in [2.24, 2.45) is 7.05 Å². The zero-order valence-electron chi connectivity index (χ0n) is 11.5. The van der Waals surface area contributed by atoms with Gasteiger partial charge in [0.1, 0.15) is 6.10 Å². The Morgan fingerprint density at radius 1 is 1.35 bits per heavy atom. The van der Waals surface area contributed by atoms with Crippen molar-refractivity contribution in [3.8, 4) is 5.88 Å². The van der Waals surface area contributed by atoms with E-state index in [-0.39, 0.29) is 11.7 Å². The Hall–Kier alpha value is -1.75. The molecule has 0 aliphatic carbocycles. The van der Waals surface area contributed by atoms with Crippen molar-refractivity contribution in [3.05, 3.63) is 51.8 Å². The molecule has 5 heteroatoms. The number of fused-ring (bicyclic) bond motifs is 1. The van der Waals surface area contributed by atoms with Crippen LogP contribution in [0.5, 0.6) is 5.88 Å². The second-order valence-corrected chi connectivity index (χ2v) is 5.58. The molecule has 20 heavy (non-hydrogen) atoms. The van der Waals surface area contributed by atoms with Gasteiger partial charge in [-0.15, -0.1) is 0 Å². The van der Waals surface area contributed by atoms with Crippen LogP contribution in [-0.2, 0) is 13.5 Å². The van der Waals surface area contributed by atoms with Gasteiger partial charge in [0, 0.05) is 7.05 Å². The smallest absolute Gasteiger partial charge is 0.260 e. The zero-order valence-corrected chi connectivity index (χ0v) is 12.3. The van der Waals surface area contributed by atoms with Crippen molar-refractivity contribution in [3.63, 3.8) is 0 Å². The van der Waals surface area contributed by atoms with Gasteiger partial charge < -0.3 is 4.74 Å². The number of aromatic nitrogens is 2. The van der Waals surface area contributed by atoms with Crippen LogP contribution in [0.25, 0.3) is 0 Å². The third-order valence-electron chi connectivity index (χ3n) is 3.57. The van der Waals surface area contributed by atoms with Crippen LogP contribution in [0.3, 0.4) is 0 Å². The van der Waals surface area contributed by atoms with Crippen LogP contribution < -0.4 is 10.3 Å². The van der Waals surface area contributed by atoms with E-state index in [4.69, 9.17) is 4.74 Å². The Balaban J connectivity index is 1.99. The van der Waals surface area contributed by atoms with Gasteiger partial charge in [0.2, 0.25) is 5.88 Å². The molecule has 0 N–H and O–H groups in total. The molecular formula is C15H16N2O2S. The SMILES string of the molecule is CSc1nc2c(c(=O)n1C)CCC(c1ccccc1)O2. The molecule has 1 aromatic carbocycles. The second kappa shape index (κ2) is 5.32. The van der Waals surface area contributed by atoms with E-state index in [2.05, 4.69) is 4.98 Å². The minimum Gasteiger partial charge on any atom is -0.469 e. The van der Waals surface area contributed by atoms with E-state index in [9.17, 15) is 4.79 Å². The summed E-state index contributed by atoms with van der Waals surface area (Å²) in [4.78, 5) is 16.7. The Kier molecular flexibility index (Phi) is 3.53. The summed E-state index contributed by atoms with van der Waals surface area (Å²) in [6, 6.07) is 10.1. The number of rotatable bonds is 2. The summed E-state index contributed by atoms with van der Waals surface area (Å²) in [5.74, 6) is 0.498. The minimum absolute atomic E-state index is 0.00543. The Morgan fingerprint density at radius 2 is 2.10 bits per heavy atom. The predicted molar refractivity (Wildman–Crippen MR) is 79.4 cm³/mol. The normalized spacial score (nSPS) is 17.4. The molecule has 1 aromatic heterocycles. The molecule has 2 heterocycles. The van der Waals surface area contributed by atoms with Crippen LogP contribution >= 0.6 is 11.8 Å². The van der Waals surface area contributed by atoms with Crippen molar-refractivity contribution in [2.45, 2.75) is 24.1 Å². The van der Waals surface area contributed by atoms with E-state index in [1.54, 1.807) is 11.6 Å². The zero-order chi connectivity index (χ0) is 14.1. The van der Waals surface area contributed by atoms with Crippen LogP contribution in [0, 0.1) is 0 Å². The summed E-state index contributed by atoms with van der Waals surface area (Å²) in [6.45, 7) is 0. The lowest BCUT2D eigenvalue weighted by Gasteiger charge is -2.25. The highest BCUT2D eigenvalue weighted by Crippen LogP contribution is 2.32. The molecule has 0 spiro atoms. The Labute approximate surface area is 121 Å². The first kappa shape index (κ1) is 13.2. The van der Waals surface area contributed by atoms with Crippen molar-refractivity contribution in [1.82, 2.24) is 9.55 Å². The molecule has 1 aliphatic heterocycles. The van der Waals surface area contributed by atoms with Gasteiger partial charge in [0.05, 0.1) is 5.56 Å². The molecular weight excluding hydrogens is 272 g/mol. The molecule has 1 aliphatic rings. The molecule has 1 unspecified atom stereocenters. The maximum Gasteiger partial charge on any atom is 0.260 e. The largest absolute Gasteiger partial charge is 0.469 e. The molecule has 2 aromatic rings. The van der Waals surface area contributed by atoms with E-state index >= 15 is 0 Å². The van der Waals surface area contributed by atoms with E-state index in [1.165, 1.54) is 11.8 Å². The topological polar surface area (TPSA) is 44.1 Å². The molecule has 104 valence electrons. The van der Waals surface area contributed by atoms with E-state index < -0.39 is 0 Å². The van der Waals surface area contributed by atoms with Gasteiger partial charge in [0.25, 0.3) is 5.56 Å². The number of hydrogen-bond acceptors (Lipinski definition) is 4. The maximum atomic E-state index is 12.3. The fourth-order valence-corrected chi connectivity index (χ4v) is 3.01. The first-order chi connectivity index (χ1) is 9.70. The van der Waals surface area contributed by atoms with Crippen LogP contribution in [0.2, 0.25) is 0 Å². The third-order valence-corrected chi connectivity index (χ3v) is 4.30. The maximum absolute atomic E-state index is 12.3. The highest BCUT2D eigenvalue weighted by molar-refractivity contribution is 7.98.